The first-order valence-electron chi connectivity index (χ1n) is 7.71. The van der Waals surface area contributed by atoms with Crippen LogP contribution in [0.2, 0.25) is 0 Å². The van der Waals surface area contributed by atoms with Crippen LogP contribution in [0.1, 0.15) is 45.7 Å². The molecule has 1 aliphatic heterocycles. The number of nitrogens with zero attached hydrogens (tertiary/aromatic N) is 1. The number of rotatable bonds is 3. The summed E-state index contributed by atoms with van der Waals surface area (Å²) in [6.07, 6.45) is 3.48. The van der Waals surface area contributed by atoms with Crippen LogP contribution < -0.4 is 15.4 Å². The molecule has 116 valence electrons. The van der Waals surface area contributed by atoms with Gasteiger partial charge in [-0.25, -0.2) is 0 Å². The molecule has 0 radical (unpaired) electrons. The van der Waals surface area contributed by atoms with Crippen molar-refractivity contribution >= 4 is 5.69 Å². The molecule has 1 atom stereocenters. The summed E-state index contributed by atoms with van der Waals surface area (Å²) in [5.41, 5.74) is 10.3. The lowest BCUT2D eigenvalue weighted by atomic mass is 9.83. The lowest BCUT2D eigenvalue weighted by molar-refractivity contribution is 0.406. The molecule has 0 bridgehead atoms. The summed E-state index contributed by atoms with van der Waals surface area (Å²) in [5, 5.41) is 0. The van der Waals surface area contributed by atoms with E-state index in [1.54, 1.807) is 12.7 Å². The van der Waals surface area contributed by atoms with E-state index in [1.807, 2.05) is 19.1 Å². The zero-order chi connectivity index (χ0) is 15.6. The van der Waals surface area contributed by atoms with Crippen LogP contribution in [0.25, 0.3) is 0 Å². The number of ether oxygens (including phenoxy) is 1. The number of hydrogen-bond acceptors (Lipinski definition) is 3. The quantitative estimate of drug-likeness (QED) is 0.857. The van der Waals surface area contributed by atoms with Crippen LogP contribution in [0.4, 0.5) is 5.69 Å². The maximum Gasteiger partial charge on any atom is 0.125 e. The minimum Gasteiger partial charge on any atom is -0.496 e. The van der Waals surface area contributed by atoms with Gasteiger partial charge in [-0.3, -0.25) is 0 Å². The Labute approximate surface area is 128 Å². The highest BCUT2D eigenvalue weighted by atomic mass is 16.5. The van der Waals surface area contributed by atoms with Crippen LogP contribution in [0.5, 0.6) is 5.75 Å². The molecule has 0 aromatic heterocycles. The Hall–Kier alpha value is -1.48. The summed E-state index contributed by atoms with van der Waals surface area (Å²) in [5.74, 6) is 0.882. The van der Waals surface area contributed by atoms with Crippen LogP contribution in [0.3, 0.4) is 0 Å². The van der Waals surface area contributed by atoms with Crippen LogP contribution in [0, 0.1) is 5.41 Å². The second kappa shape index (κ2) is 6.10. The van der Waals surface area contributed by atoms with Gasteiger partial charge in [0.15, 0.2) is 0 Å². The lowest BCUT2D eigenvalue weighted by Crippen LogP contribution is -2.32. The van der Waals surface area contributed by atoms with E-state index in [0.717, 1.165) is 30.8 Å². The SMILES string of the molecule is COc1cccc(N2CC=C(C(C)(C)C)CC2)c1[C@@H](C)N. The molecular formula is C18H28N2O. The summed E-state index contributed by atoms with van der Waals surface area (Å²) in [6.45, 7) is 10.9. The summed E-state index contributed by atoms with van der Waals surface area (Å²) in [7, 11) is 1.71. The average molecular weight is 288 g/mol. The van der Waals surface area contributed by atoms with E-state index in [9.17, 15) is 0 Å². The monoisotopic (exact) mass is 288 g/mol. The van der Waals surface area contributed by atoms with Crippen LogP contribution in [-0.2, 0) is 0 Å². The van der Waals surface area contributed by atoms with Gasteiger partial charge in [-0.2, -0.15) is 0 Å². The van der Waals surface area contributed by atoms with Crippen molar-refractivity contribution in [3.8, 4) is 5.75 Å². The first-order chi connectivity index (χ1) is 9.84. The number of methoxy groups -OCH3 is 1. The van der Waals surface area contributed by atoms with Crippen molar-refractivity contribution in [1.82, 2.24) is 0 Å². The molecule has 0 saturated carbocycles. The number of anilines is 1. The molecule has 1 heterocycles. The summed E-state index contributed by atoms with van der Waals surface area (Å²) in [6, 6.07) is 6.15. The minimum atomic E-state index is -0.0378. The topological polar surface area (TPSA) is 38.5 Å². The lowest BCUT2D eigenvalue weighted by Gasteiger charge is -2.35. The molecule has 0 spiro atoms. The maximum absolute atomic E-state index is 6.17. The van der Waals surface area contributed by atoms with Crippen molar-refractivity contribution in [2.75, 3.05) is 25.1 Å². The van der Waals surface area contributed by atoms with E-state index in [4.69, 9.17) is 10.5 Å². The van der Waals surface area contributed by atoms with Gasteiger partial charge in [0.2, 0.25) is 0 Å². The molecule has 0 saturated heterocycles. The normalized spacial score (nSPS) is 17.4. The summed E-state index contributed by atoms with van der Waals surface area (Å²) >= 11 is 0. The molecule has 1 aromatic rings. The van der Waals surface area contributed by atoms with Gasteiger partial charge in [-0.15, -0.1) is 0 Å². The summed E-state index contributed by atoms with van der Waals surface area (Å²) < 4.78 is 5.49. The third kappa shape index (κ3) is 3.41. The summed E-state index contributed by atoms with van der Waals surface area (Å²) in [4.78, 5) is 2.40. The van der Waals surface area contributed by atoms with Crippen molar-refractivity contribution < 1.29 is 4.74 Å². The van der Waals surface area contributed by atoms with E-state index >= 15 is 0 Å². The third-order valence-corrected chi connectivity index (χ3v) is 4.23. The molecule has 2 rings (SSSR count). The predicted molar refractivity (Wildman–Crippen MR) is 90.0 cm³/mol. The fraction of sp³-hybridized carbons (Fsp3) is 0.556. The molecule has 0 aliphatic carbocycles. The van der Waals surface area contributed by atoms with E-state index < -0.39 is 0 Å². The molecule has 1 aromatic carbocycles. The predicted octanol–water partition coefficient (Wildman–Crippen LogP) is 3.90. The van der Waals surface area contributed by atoms with Crippen molar-refractivity contribution in [2.24, 2.45) is 11.1 Å². The number of benzene rings is 1. The average Bonchev–Trinajstić information content (AvgIpc) is 2.45. The molecule has 3 nitrogen and oxygen atoms in total. The standard InChI is InChI=1S/C18H28N2O/c1-13(19)17-15(7-6-8-16(17)21-5)20-11-9-14(10-12-20)18(2,3)4/h6-9,13H,10-12,19H2,1-5H3/t13-/m1/s1. The van der Waals surface area contributed by atoms with Crippen LogP contribution >= 0.6 is 0 Å². The smallest absolute Gasteiger partial charge is 0.125 e. The van der Waals surface area contributed by atoms with Gasteiger partial charge in [0.25, 0.3) is 0 Å². The minimum absolute atomic E-state index is 0.0378. The van der Waals surface area contributed by atoms with Crippen molar-refractivity contribution in [3.63, 3.8) is 0 Å². The molecule has 2 N–H and O–H groups in total. The zero-order valence-electron chi connectivity index (χ0n) is 13.9. The van der Waals surface area contributed by atoms with Crippen molar-refractivity contribution in [3.05, 3.63) is 35.4 Å². The van der Waals surface area contributed by atoms with E-state index in [1.165, 1.54) is 5.69 Å². The molecule has 0 fully saturated rings. The second-order valence-corrected chi connectivity index (χ2v) is 6.86. The molecule has 21 heavy (non-hydrogen) atoms. The van der Waals surface area contributed by atoms with Crippen LogP contribution in [0.15, 0.2) is 29.8 Å². The Kier molecular flexibility index (Phi) is 4.62. The highest BCUT2D eigenvalue weighted by molar-refractivity contribution is 5.61. The molecular weight excluding hydrogens is 260 g/mol. The van der Waals surface area contributed by atoms with E-state index in [2.05, 4.69) is 37.8 Å². The fourth-order valence-electron chi connectivity index (χ4n) is 3.01. The van der Waals surface area contributed by atoms with Gasteiger partial charge in [-0.1, -0.05) is 38.5 Å². The Morgan fingerprint density at radius 2 is 2.00 bits per heavy atom. The first-order valence-corrected chi connectivity index (χ1v) is 7.71. The highest BCUT2D eigenvalue weighted by Gasteiger charge is 2.24. The van der Waals surface area contributed by atoms with Gasteiger partial charge >= 0.3 is 0 Å². The Morgan fingerprint density at radius 3 is 2.48 bits per heavy atom. The number of hydrogen-bond donors (Lipinski definition) is 1. The van der Waals surface area contributed by atoms with Crippen molar-refractivity contribution in [1.29, 1.82) is 0 Å². The Morgan fingerprint density at radius 1 is 1.29 bits per heavy atom. The Bertz CT molecular complexity index is 527. The first kappa shape index (κ1) is 15.9. The van der Waals surface area contributed by atoms with Gasteiger partial charge in [0.05, 0.1) is 7.11 Å². The van der Waals surface area contributed by atoms with Gasteiger partial charge < -0.3 is 15.4 Å². The van der Waals surface area contributed by atoms with Gasteiger partial charge in [0.1, 0.15) is 5.75 Å². The molecule has 1 aliphatic rings. The maximum atomic E-state index is 6.17. The number of nitrogens with two attached hydrogens (primary N) is 1. The molecule has 3 heteroatoms. The Balaban J connectivity index is 2.31. The van der Waals surface area contributed by atoms with Gasteiger partial charge in [0, 0.05) is 30.4 Å². The van der Waals surface area contributed by atoms with E-state index in [0.29, 0.717) is 0 Å². The van der Waals surface area contributed by atoms with E-state index in [-0.39, 0.29) is 11.5 Å². The molecule has 0 unspecified atom stereocenters. The fourth-order valence-corrected chi connectivity index (χ4v) is 3.01. The zero-order valence-corrected chi connectivity index (χ0v) is 13.9. The molecule has 0 amide bonds. The van der Waals surface area contributed by atoms with Crippen molar-refractivity contribution in [2.45, 2.75) is 40.2 Å². The van der Waals surface area contributed by atoms with Crippen LogP contribution in [-0.4, -0.2) is 20.2 Å². The second-order valence-electron chi connectivity index (χ2n) is 6.86. The largest absolute Gasteiger partial charge is 0.496 e. The van der Waals surface area contributed by atoms with Gasteiger partial charge in [-0.05, 0) is 30.9 Å². The highest BCUT2D eigenvalue weighted by Crippen LogP contribution is 2.36. The third-order valence-electron chi connectivity index (χ3n) is 4.23.